The third kappa shape index (κ3) is 3.95. The van der Waals surface area contributed by atoms with Gasteiger partial charge in [-0.1, -0.05) is 18.2 Å². The Morgan fingerprint density at radius 3 is 2.82 bits per heavy atom. The molecule has 1 N–H and O–H groups in total. The smallest absolute Gasteiger partial charge is 0.238 e. The number of nitrogens with one attached hydrogen (secondary N) is 1. The maximum Gasteiger partial charge on any atom is 0.238 e. The zero-order valence-corrected chi connectivity index (χ0v) is 15.7. The van der Waals surface area contributed by atoms with Gasteiger partial charge in [-0.15, -0.1) is 0 Å². The summed E-state index contributed by atoms with van der Waals surface area (Å²) < 4.78 is 11.5. The van der Waals surface area contributed by atoms with Gasteiger partial charge in [0.1, 0.15) is 6.07 Å². The number of anilines is 1. The number of rotatable bonds is 4. The molecule has 6 nitrogen and oxygen atoms in total. The minimum Gasteiger partial charge on any atom is -0.490 e. The number of nitriles is 1. The van der Waals surface area contributed by atoms with Crippen LogP contribution in [0.2, 0.25) is 0 Å². The monoisotopic (exact) mass is 377 g/mol. The van der Waals surface area contributed by atoms with Crippen molar-refractivity contribution < 1.29 is 14.3 Å². The van der Waals surface area contributed by atoms with Crippen LogP contribution in [0.25, 0.3) is 0 Å². The van der Waals surface area contributed by atoms with Crippen molar-refractivity contribution in [1.82, 2.24) is 4.90 Å². The summed E-state index contributed by atoms with van der Waals surface area (Å²) in [5.41, 5.74) is 2.17. The van der Waals surface area contributed by atoms with Gasteiger partial charge in [-0.3, -0.25) is 9.69 Å². The summed E-state index contributed by atoms with van der Waals surface area (Å²) in [6.07, 6.45) is 2.92. The summed E-state index contributed by atoms with van der Waals surface area (Å²) in [7, 11) is 0. The molecule has 2 aliphatic rings. The quantitative estimate of drug-likeness (QED) is 0.883. The van der Waals surface area contributed by atoms with Crippen molar-refractivity contribution in [2.75, 3.05) is 31.6 Å². The number of carbonyl (C=O) groups excluding carboxylic acids is 1. The number of fused-ring (bicyclic) bond motifs is 1. The van der Waals surface area contributed by atoms with Crippen molar-refractivity contribution in [2.24, 2.45) is 0 Å². The van der Waals surface area contributed by atoms with Gasteiger partial charge in [0.2, 0.25) is 5.91 Å². The molecule has 2 aromatic carbocycles. The molecular formula is C22H23N3O3. The molecule has 0 unspecified atom stereocenters. The lowest BCUT2D eigenvalue weighted by Gasteiger charge is -2.25. The molecule has 144 valence electrons. The molecule has 0 aromatic heterocycles. The van der Waals surface area contributed by atoms with Gasteiger partial charge in [-0.05, 0) is 49.2 Å². The first-order valence-corrected chi connectivity index (χ1v) is 9.67. The SMILES string of the molecule is N#Cc1ccccc1NC(=O)CN1CCC[C@H]1c1ccc2c(c1)OCCCO2. The van der Waals surface area contributed by atoms with Crippen LogP contribution in [0.4, 0.5) is 5.69 Å². The zero-order chi connectivity index (χ0) is 19.3. The molecule has 1 atom stereocenters. The first-order chi connectivity index (χ1) is 13.7. The lowest BCUT2D eigenvalue weighted by Crippen LogP contribution is -2.33. The van der Waals surface area contributed by atoms with E-state index in [1.54, 1.807) is 18.2 Å². The molecular weight excluding hydrogens is 354 g/mol. The lowest BCUT2D eigenvalue weighted by atomic mass is 10.0. The van der Waals surface area contributed by atoms with Gasteiger partial charge < -0.3 is 14.8 Å². The first kappa shape index (κ1) is 18.3. The second-order valence-electron chi connectivity index (χ2n) is 7.09. The molecule has 28 heavy (non-hydrogen) atoms. The molecule has 4 rings (SSSR count). The number of ether oxygens (including phenoxy) is 2. The van der Waals surface area contributed by atoms with Gasteiger partial charge >= 0.3 is 0 Å². The predicted octanol–water partition coefficient (Wildman–Crippen LogP) is 3.50. The Hall–Kier alpha value is -3.04. The molecule has 0 spiro atoms. The Balaban J connectivity index is 1.46. The number of nitrogens with zero attached hydrogens (tertiary/aromatic N) is 2. The van der Waals surface area contributed by atoms with Gasteiger partial charge in [0.15, 0.2) is 11.5 Å². The average molecular weight is 377 g/mol. The van der Waals surface area contributed by atoms with E-state index in [9.17, 15) is 10.1 Å². The van der Waals surface area contributed by atoms with Crippen LogP contribution in [0.5, 0.6) is 11.5 Å². The van der Waals surface area contributed by atoms with Crippen molar-refractivity contribution >= 4 is 11.6 Å². The van der Waals surface area contributed by atoms with Crippen LogP contribution in [-0.2, 0) is 4.79 Å². The van der Waals surface area contributed by atoms with Crippen LogP contribution in [0, 0.1) is 11.3 Å². The molecule has 0 aliphatic carbocycles. The van der Waals surface area contributed by atoms with Crippen molar-refractivity contribution in [3.63, 3.8) is 0 Å². The fraction of sp³-hybridized carbons (Fsp3) is 0.364. The minimum atomic E-state index is -0.107. The Morgan fingerprint density at radius 2 is 1.96 bits per heavy atom. The normalized spacial score (nSPS) is 18.9. The van der Waals surface area contributed by atoms with Gasteiger partial charge in [-0.25, -0.2) is 0 Å². The number of hydrogen-bond acceptors (Lipinski definition) is 5. The number of hydrogen-bond donors (Lipinski definition) is 1. The lowest BCUT2D eigenvalue weighted by molar-refractivity contribution is -0.117. The first-order valence-electron chi connectivity index (χ1n) is 9.67. The molecule has 0 radical (unpaired) electrons. The largest absolute Gasteiger partial charge is 0.490 e. The van der Waals surface area contributed by atoms with Crippen molar-refractivity contribution in [3.8, 4) is 17.6 Å². The molecule has 2 aromatic rings. The minimum absolute atomic E-state index is 0.107. The summed E-state index contributed by atoms with van der Waals surface area (Å²) in [6.45, 7) is 2.49. The highest BCUT2D eigenvalue weighted by Crippen LogP contribution is 2.37. The summed E-state index contributed by atoms with van der Waals surface area (Å²) in [5, 5.41) is 12.1. The molecule has 0 bridgehead atoms. The fourth-order valence-electron chi connectivity index (χ4n) is 3.84. The zero-order valence-electron chi connectivity index (χ0n) is 15.7. The number of carbonyl (C=O) groups is 1. The Labute approximate surface area is 164 Å². The van der Waals surface area contributed by atoms with E-state index in [4.69, 9.17) is 9.47 Å². The van der Waals surface area contributed by atoms with Gasteiger partial charge in [-0.2, -0.15) is 5.26 Å². The topological polar surface area (TPSA) is 74.6 Å². The standard InChI is InChI=1S/C22H23N3O3/c23-14-17-5-1-2-6-18(17)24-22(26)15-25-10-3-7-19(25)16-8-9-20-21(13-16)28-12-4-11-27-20/h1-2,5-6,8-9,13,19H,3-4,7,10-12,15H2,(H,24,26)/t19-/m0/s1. The van der Waals surface area contributed by atoms with Gasteiger partial charge in [0, 0.05) is 12.5 Å². The van der Waals surface area contributed by atoms with E-state index in [1.165, 1.54) is 0 Å². The van der Waals surface area contributed by atoms with Gasteiger partial charge in [0.05, 0.1) is 31.0 Å². The highest BCUT2D eigenvalue weighted by molar-refractivity contribution is 5.93. The van der Waals surface area contributed by atoms with Gasteiger partial charge in [0.25, 0.3) is 0 Å². The fourth-order valence-corrected chi connectivity index (χ4v) is 3.84. The Bertz CT molecular complexity index is 906. The number of likely N-dealkylation sites (tertiary alicyclic amines) is 1. The summed E-state index contributed by atoms with van der Waals surface area (Å²) >= 11 is 0. The number of benzene rings is 2. The van der Waals surface area contributed by atoms with Crippen LogP contribution in [0.3, 0.4) is 0 Å². The van der Waals surface area contributed by atoms with E-state index in [2.05, 4.69) is 22.4 Å². The molecule has 1 fully saturated rings. The molecule has 2 heterocycles. The molecule has 2 aliphatic heterocycles. The van der Waals surface area contributed by atoms with Crippen LogP contribution >= 0.6 is 0 Å². The molecule has 6 heteroatoms. The number of para-hydroxylation sites is 1. The Morgan fingerprint density at radius 1 is 1.14 bits per heavy atom. The van der Waals surface area contributed by atoms with Crippen LogP contribution in [0.1, 0.15) is 36.4 Å². The molecule has 0 saturated carbocycles. The highest BCUT2D eigenvalue weighted by atomic mass is 16.5. The van der Waals surface area contributed by atoms with Crippen molar-refractivity contribution in [2.45, 2.75) is 25.3 Å². The van der Waals surface area contributed by atoms with Crippen molar-refractivity contribution in [3.05, 3.63) is 53.6 Å². The second-order valence-corrected chi connectivity index (χ2v) is 7.09. The second kappa shape index (κ2) is 8.32. The third-order valence-electron chi connectivity index (χ3n) is 5.19. The third-order valence-corrected chi connectivity index (χ3v) is 5.19. The van der Waals surface area contributed by atoms with Crippen molar-refractivity contribution in [1.29, 1.82) is 5.26 Å². The van der Waals surface area contributed by atoms with E-state index in [0.717, 1.165) is 42.9 Å². The van der Waals surface area contributed by atoms with E-state index in [1.807, 2.05) is 18.2 Å². The average Bonchev–Trinajstić information content (AvgIpc) is 3.03. The van der Waals surface area contributed by atoms with E-state index < -0.39 is 0 Å². The van der Waals surface area contributed by atoms with Crippen LogP contribution in [0.15, 0.2) is 42.5 Å². The van der Waals surface area contributed by atoms with E-state index >= 15 is 0 Å². The Kier molecular flexibility index (Phi) is 5.45. The van der Waals surface area contributed by atoms with Crippen LogP contribution < -0.4 is 14.8 Å². The summed E-state index contributed by atoms with van der Waals surface area (Å²) in [5.74, 6) is 1.47. The maximum absolute atomic E-state index is 12.6. The summed E-state index contributed by atoms with van der Waals surface area (Å²) in [4.78, 5) is 14.8. The van der Waals surface area contributed by atoms with Crippen LogP contribution in [-0.4, -0.2) is 37.1 Å². The number of amides is 1. The predicted molar refractivity (Wildman–Crippen MR) is 105 cm³/mol. The molecule has 1 saturated heterocycles. The maximum atomic E-state index is 12.6. The van der Waals surface area contributed by atoms with E-state index in [-0.39, 0.29) is 11.9 Å². The van der Waals surface area contributed by atoms with E-state index in [0.29, 0.717) is 31.0 Å². The molecule has 1 amide bonds. The highest BCUT2D eigenvalue weighted by Gasteiger charge is 2.28. The summed E-state index contributed by atoms with van der Waals surface area (Å²) in [6, 6.07) is 15.4.